The topological polar surface area (TPSA) is 56.7 Å². The van der Waals surface area contributed by atoms with Crippen LogP contribution in [0.4, 0.5) is 0 Å². The molecular formula is C51H30N4O. The molecule has 5 heteroatoms. The Labute approximate surface area is 333 Å². The maximum Gasteiger partial charge on any atom is 0.164 e. The molecule has 260 valence electrons. The largest absolute Gasteiger partial charge is 0.456 e. The maximum absolute atomic E-state index is 9.42. The predicted octanol–water partition coefficient (Wildman–Crippen LogP) is 13.3. The Morgan fingerprint density at radius 2 is 0.982 bits per heavy atom. The van der Waals surface area contributed by atoms with Crippen molar-refractivity contribution in [2.24, 2.45) is 0 Å². The normalized spacial score (nSPS) is 14.2. The number of benzene rings is 9. The molecule has 56 heavy (non-hydrogen) atoms. The first-order valence-electron chi connectivity index (χ1n) is 22.6. The third-order valence-electron chi connectivity index (χ3n) is 10.6. The minimum absolute atomic E-state index is 0.150. The lowest BCUT2D eigenvalue weighted by atomic mass is 9.91. The van der Waals surface area contributed by atoms with E-state index in [-0.39, 0.29) is 23.0 Å². The van der Waals surface area contributed by atoms with E-state index in [1.807, 2.05) is 78.9 Å². The van der Waals surface area contributed by atoms with Gasteiger partial charge in [0.2, 0.25) is 0 Å². The second kappa shape index (κ2) is 11.9. The lowest BCUT2D eigenvalue weighted by Gasteiger charge is -2.14. The van der Waals surface area contributed by atoms with Gasteiger partial charge in [-0.3, -0.25) is 0 Å². The van der Waals surface area contributed by atoms with E-state index < -0.39 is 65.5 Å². The van der Waals surface area contributed by atoms with Crippen molar-refractivity contribution in [3.63, 3.8) is 0 Å². The van der Waals surface area contributed by atoms with Gasteiger partial charge in [-0.2, -0.15) is 0 Å². The van der Waals surface area contributed by atoms with Crippen LogP contribution in [0.25, 0.3) is 116 Å². The first kappa shape index (κ1) is 23.2. The first-order chi connectivity index (χ1) is 31.5. The summed E-state index contributed by atoms with van der Waals surface area (Å²) >= 11 is 0. The molecule has 0 aliphatic heterocycles. The van der Waals surface area contributed by atoms with Crippen LogP contribution >= 0.6 is 0 Å². The lowest BCUT2D eigenvalue weighted by Crippen LogP contribution is -2.01. The fourth-order valence-corrected chi connectivity index (χ4v) is 8.25. The second-order valence-electron chi connectivity index (χ2n) is 13.6. The van der Waals surface area contributed by atoms with Crippen molar-refractivity contribution in [2.75, 3.05) is 0 Å². The van der Waals surface area contributed by atoms with Gasteiger partial charge in [0, 0.05) is 49.3 Å². The van der Waals surface area contributed by atoms with Crippen molar-refractivity contribution in [1.29, 1.82) is 0 Å². The molecule has 0 fully saturated rings. The van der Waals surface area contributed by atoms with Crippen molar-refractivity contribution in [3.05, 3.63) is 182 Å². The standard InChI is InChI=1S/C51H30N4O/c1-3-13-31(14-4-1)32-25-27-33(28-26-32)49-52-50(39-21-12-24-44-45(39)38-19-9-10-23-43(38)56-44)54-51(53-49)40-29-30-42-48-46(40)36-18-8-7-17-35(36)37-20-11-22-41(47(37)48)55(42)34-15-5-2-6-16-34/h1-30H/i1D,3D,4D,13D,14D,25D,26D,27D,28D. The molecule has 0 bridgehead atoms. The Kier molecular flexibility index (Phi) is 4.95. The highest BCUT2D eigenvalue weighted by Crippen LogP contribution is 2.47. The van der Waals surface area contributed by atoms with Gasteiger partial charge in [-0.25, -0.2) is 15.0 Å². The van der Waals surface area contributed by atoms with E-state index in [0.29, 0.717) is 22.3 Å². The van der Waals surface area contributed by atoms with Crippen molar-refractivity contribution in [1.82, 2.24) is 19.5 Å². The average molecular weight is 724 g/mol. The van der Waals surface area contributed by atoms with Crippen molar-refractivity contribution in [3.8, 4) is 51.0 Å². The zero-order valence-electron chi connectivity index (χ0n) is 38.3. The molecule has 12 aromatic rings. The molecule has 9 aromatic carbocycles. The molecule has 0 spiro atoms. The Morgan fingerprint density at radius 1 is 0.393 bits per heavy atom. The molecule has 12 rings (SSSR count). The van der Waals surface area contributed by atoms with E-state index in [2.05, 4.69) is 53.1 Å². The van der Waals surface area contributed by atoms with E-state index in [4.69, 9.17) is 26.2 Å². The zero-order valence-corrected chi connectivity index (χ0v) is 29.3. The van der Waals surface area contributed by atoms with Crippen LogP contribution in [0.5, 0.6) is 0 Å². The molecule has 3 aromatic heterocycles. The van der Waals surface area contributed by atoms with Gasteiger partial charge < -0.3 is 8.98 Å². The lowest BCUT2D eigenvalue weighted by molar-refractivity contribution is 0.669. The van der Waals surface area contributed by atoms with Crippen molar-refractivity contribution >= 4 is 65.3 Å². The highest BCUT2D eigenvalue weighted by Gasteiger charge is 2.24. The van der Waals surface area contributed by atoms with Gasteiger partial charge in [-0.15, -0.1) is 0 Å². The summed E-state index contributed by atoms with van der Waals surface area (Å²) < 4.78 is 87.8. The van der Waals surface area contributed by atoms with Gasteiger partial charge >= 0.3 is 0 Å². The molecule has 0 radical (unpaired) electrons. The molecular weight excluding hydrogens is 685 g/mol. The smallest absolute Gasteiger partial charge is 0.164 e. The highest BCUT2D eigenvalue weighted by atomic mass is 16.3. The number of rotatable bonds is 5. The van der Waals surface area contributed by atoms with Gasteiger partial charge in [0.25, 0.3) is 0 Å². The predicted molar refractivity (Wildman–Crippen MR) is 229 cm³/mol. The molecule has 0 aliphatic carbocycles. The van der Waals surface area contributed by atoms with Crippen LogP contribution in [0.1, 0.15) is 12.3 Å². The number of nitrogens with zero attached hydrogens (tertiary/aromatic N) is 4. The summed E-state index contributed by atoms with van der Waals surface area (Å²) in [5.74, 6) is 0.258. The summed E-state index contributed by atoms with van der Waals surface area (Å²) in [5, 5.41) is 7.56. The Hall–Kier alpha value is -7.63. The summed E-state index contributed by atoms with van der Waals surface area (Å²) in [5.41, 5.74) is 4.35. The number of furan rings is 1. The van der Waals surface area contributed by atoms with Crippen LogP contribution in [0.3, 0.4) is 0 Å². The molecule has 0 saturated heterocycles. The van der Waals surface area contributed by atoms with Gasteiger partial charge in [-0.1, -0.05) is 139 Å². The molecule has 3 heterocycles. The summed E-state index contributed by atoms with van der Waals surface area (Å²) in [4.78, 5) is 15.2. The fourth-order valence-electron chi connectivity index (χ4n) is 8.25. The van der Waals surface area contributed by atoms with Crippen LogP contribution in [-0.2, 0) is 0 Å². The average Bonchev–Trinajstić information content (AvgIpc) is 3.89. The monoisotopic (exact) mass is 723 g/mol. The summed E-state index contributed by atoms with van der Waals surface area (Å²) in [6, 6.07) is 36.3. The van der Waals surface area contributed by atoms with Crippen LogP contribution in [0.15, 0.2) is 186 Å². The molecule has 0 unspecified atom stereocenters. The van der Waals surface area contributed by atoms with Crippen LogP contribution in [-0.4, -0.2) is 19.5 Å². The summed E-state index contributed by atoms with van der Waals surface area (Å²) in [6.45, 7) is 0. The number of hydrogen-bond donors (Lipinski definition) is 0. The summed E-state index contributed by atoms with van der Waals surface area (Å²) in [7, 11) is 0. The minimum Gasteiger partial charge on any atom is -0.456 e. The minimum atomic E-state index is -0.656. The summed E-state index contributed by atoms with van der Waals surface area (Å²) in [6.07, 6.45) is 0. The molecule has 0 aliphatic rings. The maximum atomic E-state index is 9.42. The second-order valence-corrected chi connectivity index (χ2v) is 13.6. The molecule has 5 nitrogen and oxygen atoms in total. The van der Waals surface area contributed by atoms with Gasteiger partial charge in [0.05, 0.1) is 23.4 Å². The number of fused-ring (bicyclic) bond motifs is 6. The van der Waals surface area contributed by atoms with E-state index in [0.717, 1.165) is 59.8 Å². The van der Waals surface area contributed by atoms with Gasteiger partial charge in [0.1, 0.15) is 11.2 Å². The van der Waals surface area contributed by atoms with Crippen LogP contribution in [0.2, 0.25) is 0 Å². The SMILES string of the molecule is [2H]c1c([2H])c([2H])c(-c2c([2H])c([2H])c(-c3nc(-c4cccc5oc6ccccc6c45)nc(-c4ccc5c6c4c4ccccc4c4cccc(c46)n5-c4ccccc4)n3)c([2H])c2[2H])c([2H])c1[2H]. The highest BCUT2D eigenvalue weighted by molar-refractivity contribution is 6.36. The Morgan fingerprint density at radius 3 is 1.80 bits per heavy atom. The van der Waals surface area contributed by atoms with Crippen molar-refractivity contribution in [2.45, 2.75) is 0 Å². The van der Waals surface area contributed by atoms with E-state index >= 15 is 0 Å². The fraction of sp³-hybridized carbons (Fsp3) is 0. The molecule has 0 amide bonds. The number of para-hydroxylation sites is 2. The first-order valence-corrected chi connectivity index (χ1v) is 18.1. The van der Waals surface area contributed by atoms with Crippen LogP contribution in [0, 0.1) is 0 Å². The van der Waals surface area contributed by atoms with Gasteiger partial charge in [0.15, 0.2) is 17.5 Å². The molecule has 0 atom stereocenters. The van der Waals surface area contributed by atoms with E-state index in [9.17, 15) is 5.48 Å². The zero-order chi connectivity index (χ0) is 44.6. The van der Waals surface area contributed by atoms with Crippen LogP contribution < -0.4 is 0 Å². The number of hydrogen-bond acceptors (Lipinski definition) is 4. The third kappa shape index (κ3) is 4.52. The van der Waals surface area contributed by atoms with Gasteiger partial charge in [-0.05, 0) is 69.8 Å². The van der Waals surface area contributed by atoms with E-state index in [1.165, 1.54) is 0 Å². The quantitative estimate of drug-likeness (QED) is 0.166. The molecule has 0 N–H and O–H groups in total. The van der Waals surface area contributed by atoms with Crippen molar-refractivity contribution < 1.29 is 16.8 Å². The third-order valence-corrected chi connectivity index (χ3v) is 10.6. The Balaban J connectivity index is 1.20. The van der Waals surface area contributed by atoms with E-state index in [1.54, 1.807) is 0 Å². The number of aromatic nitrogens is 4. The Bertz CT molecular complexity index is 3960. The molecule has 0 saturated carbocycles.